The highest BCUT2D eigenvalue weighted by Gasteiger charge is 2.47. The molecule has 1 aliphatic heterocycles. The Kier molecular flexibility index (Phi) is 9.30. The lowest BCUT2D eigenvalue weighted by atomic mass is 9.75. The number of hydrazone groups is 1. The van der Waals surface area contributed by atoms with E-state index in [4.69, 9.17) is 35.6 Å². The Balaban J connectivity index is 1.59. The zero-order valence-corrected chi connectivity index (χ0v) is 22.0. The van der Waals surface area contributed by atoms with Gasteiger partial charge in [-0.3, -0.25) is 4.79 Å². The molecule has 7 nitrogen and oxygen atoms in total. The molecule has 194 valence electrons. The zero-order valence-electron chi connectivity index (χ0n) is 21.3. The smallest absolute Gasteiger partial charge is 0.247 e. The number of rotatable bonds is 7. The van der Waals surface area contributed by atoms with E-state index in [1.807, 2.05) is 5.01 Å². The highest BCUT2D eigenvalue weighted by molar-refractivity contribution is 6.22. The van der Waals surface area contributed by atoms with Crippen LogP contribution in [0.25, 0.3) is 0 Å². The van der Waals surface area contributed by atoms with Gasteiger partial charge in [-0.05, 0) is 51.4 Å². The van der Waals surface area contributed by atoms with E-state index in [1.165, 1.54) is 0 Å². The Morgan fingerprint density at radius 3 is 2.24 bits per heavy atom. The number of methoxy groups -OCH3 is 4. The van der Waals surface area contributed by atoms with Gasteiger partial charge in [0, 0.05) is 57.8 Å². The third-order valence-corrected chi connectivity index (χ3v) is 9.44. The summed E-state index contributed by atoms with van der Waals surface area (Å²) in [6.07, 6.45) is 10.8. The molecule has 0 aromatic heterocycles. The molecule has 0 saturated heterocycles. The summed E-state index contributed by atoms with van der Waals surface area (Å²) in [4.78, 5) is 13.9. The molecule has 34 heavy (non-hydrogen) atoms. The molecule has 9 atom stereocenters. The topological polar surface area (TPSA) is 69.6 Å². The van der Waals surface area contributed by atoms with Gasteiger partial charge in [0.25, 0.3) is 0 Å². The average molecular weight is 499 g/mol. The molecule has 3 saturated carbocycles. The Labute approximate surface area is 209 Å². The quantitative estimate of drug-likeness (QED) is 0.486. The Morgan fingerprint density at radius 2 is 1.56 bits per heavy atom. The highest BCUT2D eigenvalue weighted by Crippen LogP contribution is 2.41. The predicted molar refractivity (Wildman–Crippen MR) is 132 cm³/mol. The summed E-state index contributed by atoms with van der Waals surface area (Å²) >= 11 is 6.67. The summed E-state index contributed by atoms with van der Waals surface area (Å²) < 4.78 is 23.1. The number of halogens is 1. The lowest BCUT2D eigenvalue weighted by Gasteiger charge is -2.41. The van der Waals surface area contributed by atoms with Crippen molar-refractivity contribution in [2.75, 3.05) is 28.4 Å². The molecule has 4 rings (SSSR count). The standard InChI is InChI=1S/C26H43ClN2O5/c1-31-17-10-12-23(32-2)19(14-17)22-15-21(16-9-11-24(33-3)25(13-16)34-4)28-29(22)26(30)18-7-5-6-8-20(18)27/h16-20,22-25H,5-15H2,1-4H3. The van der Waals surface area contributed by atoms with Crippen molar-refractivity contribution in [3.63, 3.8) is 0 Å². The van der Waals surface area contributed by atoms with Gasteiger partial charge in [0.15, 0.2) is 0 Å². The van der Waals surface area contributed by atoms with Crippen LogP contribution in [0.15, 0.2) is 5.10 Å². The fraction of sp³-hybridized carbons (Fsp3) is 0.923. The average Bonchev–Trinajstić information content (AvgIpc) is 3.33. The van der Waals surface area contributed by atoms with Gasteiger partial charge >= 0.3 is 0 Å². The molecule has 0 spiro atoms. The van der Waals surface area contributed by atoms with Crippen molar-refractivity contribution < 1.29 is 23.7 Å². The van der Waals surface area contributed by atoms with Crippen LogP contribution in [0.2, 0.25) is 0 Å². The van der Waals surface area contributed by atoms with Crippen LogP contribution in [0.1, 0.15) is 70.6 Å². The third kappa shape index (κ3) is 5.49. The van der Waals surface area contributed by atoms with Gasteiger partial charge in [-0.15, -0.1) is 11.6 Å². The van der Waals surface area contributed by atoms with Crippen LogP contribution in [0.4, 0.5) is 0 Å². The summed E-state index contributed by atoms with van der Waals surface area (Å²) in [5.41, 5.74) is 1.13. The van der Waals surface area contributed by atoms with Crippen molar-refractivity contribution in [2.45, 2.75) is 106 Å². The van der Waals surface area contributed by atoms with Gasteiger partial charge in [-0.25, -0.2) is 5.01 Å². The number of carbonyl (C=O) groups is 1. The van der Waals surface area contributed by atoms with E-state index < -0.39 is 0 Å². The van der Waals surface area contributed by atoms with Crippen molar-refractivity contribution in [1.82, 2.24) is 5.01 Å². The van der Waals surface area contributed by atoms with E-state index in [0.717, 1.165) is 76.3 Å². The molecule has 1 heterocycles. The number of ether oxygens (including phenoxy) is 4. The minimum atomic E-state index is -0.153. The summed E-state index contributed by atoms with van der Waals surface area (Å²) in [7, 11) is 7.09. The second kappa shape index (κ2) is 12.0. The number of amides is 1. The van der Waals surface area contributed by atoms with Crippen molar-refractivity contribution in [2.24, 2.45) is 22.9 Å². The lowest BCUT2D eigenvalue weighted by molar-refractivity contribution is -0.142. The highest BCUT2D eigenvalue weighted by atomic mass is 35.5. The van der Waals surface area contributed by atoms with Gasteiger partial charge < -0.3 is 18.9 Å². The first-order valence-electron chi connectivity index (χ1n) is 13.2. The normalized spacial score (nSPS) is 41.4. The number of nitrogens with zero attached hydrogens (tertiary/aromatic N) is 2. The summed E-state index contributed by atoms with van der Waals surface area (Å²) in [5.74, 6) is 0.445. The monoisotopic (exact) mass is 498 g/mol. The van der Waals surface area contributed by atoms with Gasteiger partial charge in [0.05, 0.1) is 36.4 Å². The van der Waals surface area contributed by atoms with E-state index in [1.54, 1.807) is 28.4 Å². The molecule has 0 aromatic rings. The molecule has 8 heteroatoms. The van der Waals surface area contributed by atoms with E-state index in [-0.39, 0.29) is 53.6 Å². The van der Waals surface area contributed by atoms with Crippen LogP contribution < -0.4 is 0 Å². The number of alkyl halides is 1. The molecular formula is C26H43ClN2O5. The molecule has 9 unspecified atom stereocenters. The summed E-state index contributed by atoms with van der Waals surface area (Å²) in [5, 5.41) is 6.79. The van der Waals surface area contributed by atoms with Crippen molar-refractivity contribution in [1.29, 1.82) is 0 Å². The minimum absolute atomic E-state index is 0.00247. The number of hydrogen-bond acceptors (Lipinski definition) is 6. The van der Waals surface area contributed by atoms with Crippen LogP contribution >= 0.6 is 11.6 Å². The van der Waals surface area contributed by atoms with Crippen molar-refractivity contribution >= 4 is 23.2 Å². The zero-order chi connectivity index (χ0) is 24.2. The van der Waals surface area contributed by atoms with Crippen molar-refractivity contribution in [3.05, 3.63) is 0 Å². The molecule has 0 aromatic carbocycles. The van der Waals surface area contributed by atoms with Gasteiger partial charge in [-0.1, -0.05) is 12.8 Å². The molecule has 0 N–H and O–H groups in total. The van der Waals surface area contributed by atoms with Crippen LogP contribution in [0.5, 0.6) is 0 Å². The molecule has 0 radical (unpaired) electrons. The van der Waals surface area contributed by atoms with Gasteiger partial charge in [-0.2, -0.15) is 5.10 Å². The third-order valence-electron chi connectivity index (χ3n) is 8.92. The van der Waals surface area contributed by atoms with E-state index in [0.29, 0.717) is 5.92 Å². The SMILES string of the molecule is COC1CCC(OC)C(C2CC(C3CCC(OC)C(OC)C3)=NN2C(=O)C2CCCCC2Cl)C1. The maximum absolute atomic E-state index is 13.9. The molecule has 3 aliphatic carbocycles. The first-order valence-corrected chi connectivity index (χ1v) is 13.6. The second-order valence-corrected chi connectivity index (χ2v) is 11.2. The van der Waals surface area contributed by atoms with Crippen LogP contribution in [0, 0.1) is 17.8 Å². The van der Waals surface area contributed by atoms with Crippen molar-refractivity contribution in [3.8, 4) is 0 Å². The van der Waals surface area contributed by atoms with Crippen LogP contribution in [-0.2, 0) is 23.7 Å². The molecule has 1 amide bonds. The Bertz CT molecular complexity index is 721. The Morgan fingerprint density at radius 1 is 0.853 bits per heavy atom. The maximum Gasteiger partial charge on any atom is 0.247 e. The number of hydrogen-bond donors (Lipinski definition) is 0. The van der Waals surface area contributed by atoms with E-state index in [9.17, 15) is 4.79 Å². The first kappa shape index (κ1) is 26.3. The lowest BCUT2D eigenvalue weighted by Crippen LogP contribution is -2.49. The van der Waals surface area contributed by atoms with Gasteiger partial charge in [0.1, 0.15) is 0 Å². The molecule has 3 fully saturated rings. The molecule has 0 bridgehead atoms. The largest absolute Gasteiger partial charge is 0.381 e. The maximum atomic E-state index is 13.9. The number of carbonyl (C=O) groups excluding carboxylic acids is 1. The fourth-order valence-electron chi connectivity index (χ4n) is 6.85. The van der Waals surface area contributed by atoms with Crippen LogP contribution in [0.3, 0.4) is 0 Å². The predicted octanol–water partition coefficient (Wildman–Crippen LogP) is 4.40. The molecular weight excluding hydrogens is 456 g/mol. The van der Waals surface area contributed by atoms with E-state index >= 15 is 0 Å². The fourth-order valence-corrected chi connectivity index (χ4v) is 7.24. The summed E-state index contributed by atoms with van der Waals surface area (Å²) in [6.45, 7) is 0. The summed E-state index contributed by atoms with van der Waals surface area (Å²) in [6, 6.07) is -0.00247. The first-order chi connectivity index (χ1) is 16.5. The van der Waals surface area contributed by atoms with Crippen LogP contribution in [-0.4, -0.2) is 80.9 Å². The second-order valence-electron chi connectivity index (χ2n) is 10.6. The van der Waals surface area contributed by atoms with E-state index in [2.05, 4.69) is 0 Å². The minimum Gasteiger partial charge on any atom is -0.381 e. The molecule has 4 aliphatic rings. The van der Waals surface area contributed by atoms with Gasteiger partial charge in [0.2, 0.25) is 5.91 Å². The Hall–Kier alpha value is -0.730.